The van der Waals surface area contributed by atoms with Crippen molar-refractivity contribution in [2.24, 2.45) is 5.73 Å². The van der Waals surface area contributed by atoms with Crippen LogP contribution in [0, 0.1) is 0 Å². The molecule has 4 heteroatoms. The summed E-state index contributed by atoms with van der Waals surface area (Å²) in [6.07, 6.45) is 1.12. The van der Waals surface area contributed by atoms with Crippen molar-refractivity contribution in [3.8, 4) is 0 Å². The van der Waals surface area contributed by atoms with E-state index >= 15 is 0 Å². The van der Waals surface area contributed by atoms with E-state index in [0.717, 1.165) is 13.0 Å². The fraction of sp³-hybridized carbons (Fsp3) is 1.00. The molecule has 0 aromatic carbocycles. The summed E-state index contributed by atoms with van der Waals surface area (Å²) in [6, 6.07) is 1.21. The minimum absolute atomic E-state index is 0.459. The van der Waals surface area contributed by atoms with E-state index in [0.29, 0.717) is 0 Å². The van der Waals surface area contributed by atoms with Crippen molar-refractivity contribution in [3.63, 3.8) is 0 Å². The monoisotopic (exact) mass is 175 g/mol. The first-order valence-corrected chi connectivity index (χ1v) is 8.19. The van der Waals surface area contributed by atoms with E-state index in [4.69, 9.17) is 9.85 Å². The van der Waals surface area contributed by atoms with E-state index in [2.05, 4.69) is 19.6 Å². The smallest absolute Gasteiger partial charge is 0.194 e. The van der Waals surface area contributed by atoms with E-state index in [-0.39, 0.29) is 0 Å². The van der Waals surface area contributed by atoms with E-state index in [1.807, 2.05) is 0 Å². The molecule has 0 amide bonds. The fourth-order valence-corrected chi connectivity index (χ4v) is 4.65. The van der Waals surface area contributed by atoms with Gasteiger partial charge in [-0.15, -0.1) is 0 Å². The van der Waals surface area contributed by atoms with Gasteiger partial charge >= 0.3 is 0 Å². The quantitative estimate of drug-likeness (QED) is 0.638. The predicted molar refractivity (Wildman–Crippen MR) is 48.7 cm³/mol. The van der Waals surface area contributed by atoms with Crippen LogP contribution in [0.4, 0.5) is 0 Å². The molecule has 2 radical (unpaired) electrons. The lowest BCUT2D eigenvalue weighted by Gasteiger charge is -2.11. The van der Waals surface area contributed by atoms with Gasteiger partial charge in [0.25, 0.3) is 0 Å². The SMILES string of the molecule is C[Si](C)O[Si](C)CCCN. The van der Waals surface area contributed by atoms with Crippen LogP contribution in [0.1, 0.15) is 6.42 Å². The van der Waals surface area contributed by atoms with Gasteiger partial charge in [0.2, 0.25) is 0 Å². The molecular weight excluding hydrogens is 158 g/mol. The van der Waals surface area contributed by atoms with E-state index < -0.39 is 18.1 Å². The van der Waals surface area contributed by atoms with Crippen molar-refractivity contribution in [2.75, 3.05) is 6.54 Å². The Hall–Kier alpha value is 0.354. The van der Waals surface area contributed by atoms with Crippen LogP contribution < -0.4 is 5.73 Å². The van der Waals surface area contributed by atoms with Crippen molar-refractivity contribution in [3.05, 3.63) is 0 Å². The molecule has 0 aliphatic heterocycles. The lowest BCUT2D eigenvalue weighted by Crippen LogP contribution is -2.22. The zero-order valence-electron chi connectivity index (χ0n) is 7.11. The molecular formula is C6H17NOSi2. The molecule has 10 heavy (non-hydrogen) atoms. The normalized spacial score (nSPS) is 11.4. The standard InChI is InChI=1S/C6H17NOSi2/c1-9(2)8-10(3)6-4-5-7/h4-7H2,1-3H3. The third-order valence-corrected chi connectivity index (χ3v) is 5.20. The van der Waals surface area contributed by atoms with Gasteiger partial charge in [0, 0.05) is 0 Å². The Morgan fingerprint density at radius 1 is 1.30 bits per heavy atom. The Labute approximate surface area is 67.2 Å². The molecule has 0 spiro atoms. The van der Waals surface area contributed by atoms with Crippen LogP contribution in [0.5, 0.6) is 0 Å². The molecule has 0 heterocycles. The van der Waals surface area contributed by atoms with Crippen LogP contribution in [-0.2, 0) is 4.12 Å². The van der Waals surface area contributed by atoms with Crippen molar-refractivity contribution in [1.82, 2.24) is 0 Å². The predicted octanol–water partition coefficient (Wildman–Crippen LogP) is 1.22. The van der Waals surface area contributed by atoms with Crippen LogP contribution in [0.15, 0.2) is 0 Å². The highest BCUT2D eigenvalue weighted by Crippen LogP contribution is 1.99. The van der Waals surface area contributed by atoms with E-state index in [1.54, 1.807) is 0 Å². The third-order valence-electron chi connectivity index (χ3n) is 1.11. The minimum Gasteiger partial charge on any atom is -0.456 e. The molecule has 0 saturated carbocycles. The highest BCUT2D eigenvalue weighted by Gasteiger charge is 2.07. The second-order valence-corrected chi connectivity index (χ2v) is 7.14. The van der Waals surface area contributed by atoms with E-state index in [1.165, 1.54) is 6.04 Å². The van der Waals surface area contributed by atoms with Crippen LogP contribution in [0.2, 0.25) is 25.7 Å². The van der Waals surface area contributed by atoms with Crippen molar-refractivity contribution >= 4 is 18.1 Å². The summed E-state index contributed by atoms with van der Waals surface area (Å²) in [6.45, 7) is 7.39. The molecule has 0 saturated heterocycles. The highest BCUT2D eigenvalue weighted by atomic mass is 28.4. The summed E-state index contributed by atoms with van der Waals surface area (Å²) < 4.78 is 5.70. The maximum atomic E-state index is 5.70. The third kappa shape index (κ3) is 6.47. The van der Waals surface area contributed by atoms with Crippen LogP contribution in [0.25, 0.3) is 0 Å². The van der Waals surface area contributed by atoms with Gasteiger partial charge in [-0.2, -0.15) is 0 Å². The Morgan fingerprint density at radius 2 is 1.90 bits per heavy atom. The second kappa shape index (κ2) is 6.09. The summed E-state index contributed by atoms with van der Waals surface area (Å²) in [5.74, 6) is 0. The molecule has 2 N–H and O–H groups in total. The number of hydrogen-bond donors (Lipinski definition) is 1. The maximum Gasteiger partial charge on any atom is 0.194 e. The molecule has 0 aromatic heterocycles. The zero-order chi connectivity index (χ0) is 7.98. The van der Waals surface area contributed by atoms with Gasteiger partial charge < -0.3 is 9.85 Å². The summed E-state index contributed by atoms with van der Waals surface area (Å²) in [5.41, 5.74) is 5.38. The minimum atomic E-state index is -0.487. The summed E-state index contributed by atoms with van der Waals surface area (Å²) in [7, 11) is -0.946. The molecule has 0 aliphatic carbocycles. The van der Waals surface area contributed by atoms with E-state index in [9.17, 15) is 0 Å². The molecule has 60 valence electrons. The Morgan fingerprint density at radius 3 is 2.30 bits per heavy atom. The number of hydrogen-bond acceptors (Lipinski definition) is 2. The first-order chi connectivity index (χ1) is 4.66. The van der Waals surface area contributed by atoms with Gasteiger partial charge in [0.1, 0.15) is 0 Å². The lowest BCUT2D eigenvalue weighted by atomic mass is 10.5. The summed E-state index contributed by atoms with van der Waals surface area (Å²) in [4.78, 5) is 0. The van der Waals surface area contributed by atoms with Crippen molar-refractivity contribution in [2.45, 2.75) is 32.1 Å². The summed E-state index contributed by atoms with van der Waals surface area (Å²) in [5, 5.41) is 0. The zero-order valence-corrected chi connectivity index (χ0v) is 9.11. The van der Waals surface area contributed by atoms with Crippen LogP contribution in [-0.4, -0.2) is 24.6 Å². The summed E-state index contributed by atoms with van der Waals surface area (Å²) >= 11 is 0. The molecule has 0 aliphatic rings. The highest BCUT2D eigenvalue weighted by molar-refractivity contribution is 6.63. The van der Waals surface area contributed by atoms with Crippen molar-refractivity contribution in [1.29, 1.82) is 0 Å². The fourth-order valence-electron chi connectivity index (χ4n) is 0.751. The molecule has 0 bridgehead atoms. The van der Waals surface area contributed by atoms with Crippen LogP contribution >= 0.6 is 0 Å². The van der Waals surface area contributed by atoms with Gasteiger partial charge in [0.15, 0.2) is 18.1 Å². The topological polar surface area (TPSA) is 35.2 Å². The number of rotatable bonds is 5. The first-order valence-electron chi connectivity index (χ1n) is 3.67. The molecule has 0 aromatic rings. The molecule has 0 rings (SSSR count). The Balaban J connectivity index is 3.16. The van der Waals surface area contributed by atoms with Crippen molar-refractivity contribution < 1.29 is 4.12 Å². The molecule has 2 nitrogen and oxygen atoms in total. The average molecular weight is 175 g/mol. The molecule has 0 unspecified atom stereocenters. The van der Waals surface area contributed by atoms with Gasteiger partial charge in [-0.3, -0.25) is 0 Å². The van der Waals surface area contributed by atoms with Gasteiger partial charge in [-0.05, 0) is 38.7 Å². The molecule has 0 atom stereocenters. The maximum absolute atomic E-state index is 5.70. The van der Waals surface area contributed by atoms with Crippen LogP contribution in [0.3, 0.4) is 0 Å². The molecule has 0 fully saturated rings. The second-order valence-electron chi connectivity index (χ2n) is 2.60. The largest absolute Gasteiger partial charge is 0.456 e. The number of nitrogens with two attached hydrogens (primary N) is 1. The van der Waals surface area contributed by atoms with Gasteiger partial charge in [0.05, 0.1) is 0 Å². The van der Waals surface area contributed by atoms with Gasteiger partial charge in [-0.25, -0.2) is 0 Å². The Kier molecular flexibility index (Phi) is 6.30. The average Bonchev–Trinajstić information content (AvgIpc) is 1.82. The lowest BCUT2D eigenvalue weighted by molar-refractivity contribution is 0.593. The Bertz CT molecular complexity index is 80.1. The van der Waals surface area contributed by atoms with Gasteiger partial charge in [-0.1, -0.05) is 0 Å². The first kappa shape index (κ1) is 10.4.